The summed E-state index contributed by atoms with van der Waals surface area (Å²) in [5.41, 5.74) is 1.02. The Labute approximate surface area is 107 Å². The maximum atomic E-state index is 11.7. The highest BCUT2D eigenvalue weighted by Gasteiger charge is 2.15. The van der Waals surface area contributed by atoms with Gasteiger partial charge < -0.3 is 10.6 Å². The van der Waals surface area contributed by atoms with E-state index < -0.39 is 0 Å². The molecule has 0 aliphatic heterocycles. The first kappa shape index (κ1) is 14.1. The molecule has 0 aromatic carbocycles. The minimum Gasteiger partial charge on any atom is -0.347 e. The second kappa shape index (κ2) is 7.40. The fourth-order valence-electron chi connectivity index (χ4n) is 1.56. The Kier molecular flexibility index (Phi) is 6.15. The number of hydrogen-bond acceptors (Lipinski definition) is 4. The van der Waals surface area contributed by atoms with Gasteiger partial charge in [0.2, 0.25) is 5.91 Å². The zero-order valence-electron chi connectivity index (χ0n) is 10.7. The Morgan fingerprint density at radius 2 is 2.35 bits per heavy atom. The van der Waals surface area contributed by atoms with Crippen molar-refractivity contribution in [3.8, 4) is 0 Å². The van der Waals surface area contributed by atoms with Crippen LogP contribution >= 0.6 is 11.3 Å². The second-order valence-corrected chi connectivity index (χ2v) is 4.95. The largest absolute Gasteiger partial charge is 0.347 e. The molecule has 1 aromatic rings. The zero-order valence-corrected chi connectivity index (χ0v) is 11.6. The van der Waals surface area contributed by atoms with E-state index in [0.717, 1.165) is 30.1 Å². The number of rotatable bonds is 7. The molecule has 0 bridgehead atoms. The van der Waals surface area contributed by atoms with Gasteiger partial charge in [-0.2, -0.15) is 0 Å². The number of amides is 1. The third-order valence-electron chi connectivity index (χ3n) is 2.51. The van der Waals surface area contributed by atoms with Gasteiger partial charge in [0.05, 0.1) is 6.04 Å². The SMILES string of the molecule is CCC(NC(=O)CCCNC)c1nc(C)cs1. The molecule has 1 rings (SSSR count). The summed E-state index contributed by atoms with van der Waals surface area (Å²) in [6.07, 6.45) is 2.32. The molecule has 0 aliphatic rings. The van der Waals surface area contributed by atoms with Crippen LogP contribution in [-0.4, -0.2) is 24.5 Å². The first-order chi connectivity index (χ1) is 8.17. The van der Waals surface area contributed by atoms with Crippen LogP contribution in [0.25, 0.3) is 0 Å². The van der Waals surface area contributed by atoms with E-state index in [4.69, 9.17) is 0 Å². The Balaban J connectivity index is 2.44. The number of carbonyl (C=O) groups excluding carboxylic acids is 1. The van der Waals surface area contributed by atoms with Gasteiger partial charge in [0.1, 0.15) is 5.01 Å². The van der Waals surface area contributed by atoms with Crippen LogP contribution in [-0.2, 0) is 4.79 Å². The molecule has 0 radical (unpaired) electrons. The van der Waals surface area contributed by atoms with Crippen LogP contribution in [0.4, 0.5) is 0 Å². The van der Waals surface area contributed by atoms with E-state index in [1.807, 2.05) is 19.4 Å². The molecule has 1 aromatic heterocycles. The summed E-state index contributed by atoms with van der Waals surface area (Å²) in [6.45, 7) is 4.91. The Hall–Kier alpha value is -0.940. The van der Waals surface area contributed by atoms with E-state index in [9.17, 15) is 4.79 Å². The molecule has 1 amide bonds. The predicted molar refractivity (Wildman–Crippen MR) is 71.2 cm³/mol. The van der Waals surface area contributed by atoms with Crippen molar-refractivity contribution >= 4 is 17.2 Å². The van der Waals surface area contributed by atoms with E-state index in [2.05, 4.69) is 22.5 Å². The summed E-state index contributed by atoms with van der Waals surface area (Å²) in [7, 11) is 1.89. The molecule has 5 heteroatoms. The van der Waals surface area contributed by atoms with Crippen LogP contribution in [0.2, 0.25) is 0 Å². The lowest BCUT2D eigenvalue weighted by atomic mass is 10.2. The summed E-state index contributed by atoms with van der Waals surface area (Å²) in [5.74, 6) is 0.111. The Morgan fingerprint density at radius 3 is 2.88 bits per heavy atom. The molecular formula is C12H21N3OS. The van der Waals surface area contributed by atoms with E-state index >= 15 is 0 Å². The summed E-state index contributed by atoms with van der Waals surface area (Å²) >= 11 is 1.61. The van der Waals surface area contributed by atoms with Gasteiger partial charge in [-0.25, -0.2) is 4.98 Å². The van der Waals surface area contributed by atoms with Crippen molar-refractivity contribution in [1.29, 1.82) is 0 Å². The van der Waals surface area contributed by atoms with Crippen molar-refractivity contribution in [2.24, 2.45) is 0 Å². The lowest BCUT2D eigenvalue weighted by Crippen LogP contribution is -2.28. The van der Waals surface area contributed by atoms with Crippen LogP contribution in [0.3, 0.4) is 0 Å². The summed E-state index contributed by atoms with van der Waals surface area (Å²) in [6, 6.07) is 0.0655. The lowest BCUT2D eigenvalue weighted by Gasteiger charge is -2.14. The predicted octanol–water partition coefficient (Wildman–Crippen LogP) is 2.02. The first-order valence-corrected chi connectivity index (χ1v) is 6.91. The number of aryl methyl sites for hydroxylation is 1. The van der Waals surface area contributed by atoms with Crippen molar-refractivity contribution in [2.75, 3.05) is 13.6 Å². The molecule has 96 valence electrons. The average Bonchev–Trinajstić information content (AvgIpc) is 2.73. The molecule has 1 atom stereocenters. The molecule has 0 fully saturated rings. The third-order valence-corrected chi connectivity index (χ3v) is 3.59. The standard InChI is InChI=1S/C12H21N3OS/c1-4-10(12-14-9(2)8-17-12)15-11(16)6-5-7-13-3/h8,10,13H,4-7H2,1-3H3,(H,15,16). The van der Waals surface area contributed by atoms with Gasteiger partial charge >= 0.3 is 0 Å². The summed E-state index contributed by atoms with van der Waals surface area (Å²) in [4.78, 5) is 16.1. The quantitative estimate of drug-likeness (QED) is 0.733. The number of thiazole rings is 1. The number of hydrogen-bond donors (Lipinski definition) is 2. The smallest absolute Gasteiger partial charge is 0.220 e. The van der Waals surface area contributed by atoms with Crippen LogP contribution in [0.1, 0.15) is 42.9 Å². The van der Waals surface area contributed by atoms with Gasteiger partial charge in [-0.05, 0) is 33.4 Å². The van der Waals surface area contributed by atoms with Crippen molar-refractivity contribution in [2.45, 2.75) is 39.2 Å². The molecule has 0 aliphatic carbocycles. The number of aromatic nitrogens is 1. The van der Waals surface area contributed by atoms with Crippen molar-refractivity contribution in [3.63, 3.8) is 0 Å². The minimum absolute atomic E-state index is 0.0655. The topological polar surface area (TPSA) is 54.0 Å². The highest BCUT2D eigenvalue weighted by atomic mass is 32.1. The van der Waals surface area contributed by atoms with Gasteiger partial charge in [0.25, 0.3) is 0 Å². The van der Waals surface area contributed by atoms with Gasteiger partial charge in [-0.1, -0.05) is 6.92 Å². The van der Waals surface area contributed by atoms with Crippen LogP contribution < -0.4 is 10.6 Å². The van der Waals surface area contributed by atoms with Gasteiger partial charge in [-0.15, -0.1) is 11.3 Å². The van der Waals surface area contributed by atoms with E-state index in [1.165, 1.54) is 0 Å². The van der Waals surface area contributed by atoms with E-state index in [-0.39, 0.29) is 11.9 Å². The summed E-state index contributed by atoms with van der Waals surface area (Å²) < 4.78 is 0. The second-order valence-electron chi connectivity index (χ2n) is 4.06. The number of nitrogens with one attached hydrogen (secondary N) is 2. The first-order valence-electron chi connectivity index (χ1n) is 6.03. The normalized spacial score (nSPS) is 12.4. The third kappa shape index (κ3) is 4.83. The number of nitrogens with zero attached hydrogens (tertiary/aromatic N) is 1. The van der Waals surface area contributed by atoms with Gasteiger partial charge in [-0.3, -0.25) is 4.79 Å². The molecule has 2 N–H and O–H groups in total. The maximum absolute atomic E-state index is 11.7. The minimum atomic E-state index is 0.0655. The highest BCUT2D eigenvalue weighted by molar-refractivity contribution is 7.09. The maximum Gasteiger partial charge on any atom is 0.220 e. The molecule has 4 nitrogen and oxygen atoms in total. The zero-order chi connectivity index (χ0) is 12.7. The van der Waals surface area contributed by atoms with E-state index in [1.54, 1.807) is 11.3 Å². The van der Waals surface area contributed by atoms with Gasteiger partial charge in [0, 0.05) is 17.5 Å². The van der Waals surface area contributed by atoms with Crippen LogP contribution in [0, 0.1) is 6.92 Å². The molecule has 0 saturated carbocycles. The van der Waals surface area contributed by atoms with Crippen LogP contribution in [0.15, 0.2) is 5.38 Å². The molecule has 1 heterocycles. The summed E-state index contributed by atoms with van der Waals surface area (Å²) in [5, 5.41) is 9.10. The average molecular weight is 255 g/mol. The fraction of sp³-hybridized carbons (Fsp3) is 0.667. The fourth-order valence-corrected chi connectivity index (χ4v) is 2.49. The molecule has 17 heavy (non-hydrogen) atoms. The van der Waals surface area contributed by atoms with E-state index in [0.29, 0.717) is 6.42 Å². The lowest BCUT2D eigenvalue weighted by molar-refractivity contribution is -0.121. The van der Waals surface area contributed by atoms with Crippen molar-refractivity contribution < 1.29 is 4.79 Å². The van der Waals surface area contributed by atoms with Crippen molar-refractivity contribution in [3.05, 3.63) is 16.1 Å². The Bertz CT molecular complexity index is 351. The Morgan fingerprint density at radius 1 is 1.59 bits per heavy atom. The molecule has 0 spiro atoms. The van der Waals surface area contributed by atoms with Crippen molar-refractivity contribution in [1.82, 2.24) is 15.6 Å². The molecule has 1 unspecified atom stereocenters. The van der Waals surface area contributed by atoms with Crippen LogP contribution in [0.5, 0.6) is 0 Å². The molecular weight excluding hydrogens is 234 g/mol. The monoisotopic (exact) mass is 255 g/mol. The molecule has 0 saturated heterocycles. The highest BCUT2D eigenvalue weighted by Crippen LogP contribution is 2.20. The number of carbonyl (C=O) groups is 1. The van der Waals surface area contributed by atoms with Gasteiger partial charge in [0.15, 0.2) is 0 Å².